The molecule has 1 N–H and O–H groups in total. The Kier molecular flexibility index (Phi) is 7.02. The van der Waals surface area contributed by atoms with Gasteiger partial charge in [0.15, 0.2) is 0 Å². The van der Waals surface area contributed by atoms with Crippen molar-refractivity contribution in [1.82, 2.24) is 0 Å². The fourth-order valence-electron chi connectivity index (χ4n) is 2.48. The predicted octanol–water partition coefficient (Wildman–Crippen LogP) is 4.88. The second-order valence-corrected chi connectivity index (χ2v) is 6.19. The van der Waals surface area contributed by atoms with E-state index < -0.39 is 0 Å². The van der Waals surface area contributed by atoms with Crippen molar-refractivity contribution < 1.29 is 14.3 Å². The number of hydrogen-bond donors (Lipinski definition) is 1. The monoisotopic (exact) mass is 341 g/mol. The molecular weight excluding hydrogens is 314 g/mol. The Morgan fingerprint density at radius 2 is 1.88 bits per heavy atom. The number of ether oxygens (including phenoxy) is 2. The van der Waals surface area contributed by atoms with Gasteiger partial charge >= 0.3 is 0 Å². The lowest BCUT2D eigenvalue weighted by Crippen LogP contribution is -2.13. The third kappa shape index (κ3) is 5.33. The van der Waals surface area contributed by atoms with Crippen molar-refractivity contribution in [2.24, 2.45) is 0 Å². The first-order valence-corrected chi connectivity index (χ1v) is 8.68. The summed E-state index contributed by atoms with van der Waals surface area (Å²) in [5.41, 5.74) is 4.62. The molecule has 0 aliphatic heterocycles. The zero-order chi connectivity index (χ0) is 18.2. The van der Waals surface area contributed by atoms with Crippen LogP contribution in [0, 0.1) is 13.8 Å². The summed E-state index contributed by atoms with van der Waals surface area (Å²) in [4.78, 5) is 12.5. The van der Waals surface area contributed by atoms with Crippen LogP contribution in [0.15, 0.2) is 36.4 Å². The van der Waals surface area contributed by atoms with Gasteiger partial charge < -0.3 is 14.8 Å². The molecule has 4 heteroatoms. The number of hydrogen-bond acceptors (Lipinski definition) is 3. The minimum atomic E-state index is -0.138. The van der Waals surface area contributed by atoms with Crippen molar-refractivity contribution in [3.8, 4) is 5.75 Å². The number of unbranched alkanes of at least 4 members (excludes halogenated alkanes) is 1. The van der Waals surface area contributed by atoms with Crippen molar-refractivity contribution in [3.05, 3.63) is 58.7 Å². The molecule has 0 spiro atoms. The number of anilines is 1. The van der Waals surface area contributed by atoms with E-state index in [2.05, 4.69) is 19.2 Å². The molecule has 2 rings (SSSR count). The lowest BCUT2D eigenvalue weighted by atomic mass is 10.1. The molecule has 0 unspecified atom stereocenters. The Balaban J connectivity index is 2.11. The van der Waals surface area contributed by atoms with Gasteiger partial charge in [0.1, 0.15) is 5.75 Å². The summed E-state index contributed by atoms with van der Waals surface area (Å²) in [5.74, 6) is 0.597. The van der Waals surface area contributed by atoms with E-state index in [1.165, 1.54) is 5.56 Å². The third-order valence-electron chi connectivity index (χ3n) is 4.21. The fraction of sp³-hybridized carbons (Fsp3) is 0.381. The molecule has 0 saturated carbocycles. The van der Waals surface area contributed by atoms with Crippen LogP contribution in [-0.4, -0.2) is 19.6 Å². The van der Waals surface area contributed by atoms with Crippen LogP contribution in [0.5, 0.6) is 5.75 Å². The van der Waals surface area contributed by atoms with Crippen LogP contribution < -0.4 is 10.1 Å². The summed E-state index contributed by atoms with van der Waals surface area (Å²) >= 11 is 0. The van der Waals surface area contributed by atoms with Crippen molar-refractivity contribution >= 4 is 11.6 Å². The number of benzene rings is 2. The topological polar surface area (TPSA) is 47.6 Å². The normalized spacial score (nSPS) is 10.6. The zero-order valence-electron chi connectivity index (χ0n) is 15.5. The average molecular weight is 341 g/mol. The molecule has 0 radical (unpaired) electrons. The Hall–Kier alpha value is -2.33. The van der Waals surface area contributed by atoms with Gasteiger partial charge in [0.2, 0.25) is 0 Å². The molecule has 0 heterocycles. The van der Waals surface area contributed by atoms with E-state index in [0.717, 1.165) is 35.4 Å². The Labute approximate surface area is 150 Å². The first-order chi connectivity index (χ1) is 12.0. The molecule has 4 nitrogen and oxygen atoms in total. The first-order valence-electron chi connectivity index (χ1n) is 8.68. The Morgan fingerprint density at radius 3 is 2.56 bits per heavy atom. The second-order valence-electron chi connectivity index (χ2n) is 6.19. The molecule has 0 aromatic heterocycles. The second kappa shape index (κ2) is 9.23. The lowest BCUT2D eigenvalue weighted by Gasteiger charge is -2.12. The highest BCUT2D eigenvalue weighted by molar-refractivity contribution is 6.04. The quantitative estimate of drug-likeness (QED) is 0.696. The number of carbonyl (C=O) groups excluding carboxylic acids is 1. The number of amides is 1. The molecular formula is C21H27NO3. The average Bonchev–Trinajstić information content (AvgIpc) is 2.61. The molecule has 0 atom stereocenters. The van der Waals surface area contributed by atoms with Gasteiger partial charge in [-0.1, -0.05) is 19.4 Å². The number of rotatable bonds is 8. The Morgan fingerprint density at radius 1 is 1.08 bits per heavy atom. The maximum Gasteiger partial charge on any atom is 0.255 e. The van der Waals surface area contributed by atoms with Gasteiger partial charge in [-0.3, -0.25) is 4.79 Å². The van der Waals surface area contributed by atoms with Crippen LogP contribution >= 0.6 is 0 Å². The SMILES string of the molecule is CCCCOCc1cc(C(=O)Nc2ccc(C)c(C)c2)ccc1OC. The zero-order valence-corrected chi connectivity index (χ0v) is 15.5. The highest BCUT2D eigenvalue weighted by atomic mass is 16.5. The van der Waals surface area contributed by atoms with E-state index in [0.29, 0.717) is 18.8 Å². The summed E-state index contributed by atoms with van der Waals surface area (Å²) in [6.07, 6.45) is 2.12. The summed E-state index contributed by atoms with van der Waals surface area (Å²) < 4.78 is 11.0. The fourth-order valence-corrected chi connectivity index (χ4v) is 2.48. The largest absolute Gasteiger partial charge is 0.496 e. The van der Waals surface area contributed by atoms with E-state index in [4.69, 9.17) is 9.47 Å². The molecule has 0 fully saturated rings. The summed E-state index contributed by atoms with van der Waals surface area (Å²) in [7, 11) is 1.62. The number of nitrogens with one attached hydrogen (secondary N) is 1. The van der Waals surface area contributed by atoms with Gasteiger partial charge in [-0.2, -0.15) is 0 Å². The Bertz CT molecular complexity index is 725. The van der Waals surface area contributed by atoms with Gasteiger partial charge in [-0.25, -0.2) is 0 Å². The van der Waals surface area contributed by atoms with E-state index in [1.807, 2.05) is 37.3 Å². The van der Waals surface area contributed by atoms with Gasteiger partial charge in [-0.15, -0.1) is 0 Å². The highest BCUT2D eigenvalue weighted by Gasteiger charge is 2.11. The third-order valence-corrected chi connectivity index (χ3v) is 4.21. The predicted molar refractivity (Wildman–Crippen MR) is 101 cm³/mol. The molecule has 1 amide bonds. The first kappa shape index (κ1) is 19.0. The van der Waals surface area contributed by atoms with Gasteiger partial charge in [0.25, 0.3) is 5.91 Å². The van der Waals surface area contributed by atoms with Crippen molar-refractivity contribution in [2.45, 2.75) is 40.2 Å². The summed E-state index contributed by atoms with van der Waals surface area (Å²) in [6, 6.07) is 11.3. The molecule has 25 heavy (non-hydrogen) atoms. The van der Waals surface area contributed by atoms with Crippen LogP contribution in [0.1, 0.15) is 46.8 Å². The van der Waals surface area contributed by atoms with Gasteiger partial charge in [-0.05, 0) is 61.7 Å². The summed E-state index contributed by atoms with van der Waals surface area (Å²) in [6.45, 7) is 7.35. The molecule has 0 aliphatic carbocycles. The molecule has 134 valence electrons. The van der Waals surface area contributed by atoms with E-state index in [-0.39, 0.29) is 5.91 Å². The van der Waals surface area contributed by atoms with Gasteiger partial charge in [0, 0.05) is 23.4 Å². The van der Waals surface area contributed by atoms with Crippen molar-refractivity contribution in [3.63, 3.8) is 0 Å². The van der Waals surface area contributed by atoms with Crippen LogP contribution in [0.3, 0.4) is 0 Å². The molecule has 0 aliphatic rings. The molecule has 2 aromatic carbocycles. The standard InChI is InChI=1S/C21H27NO3/c1-5-6-11-25-14-18-13-17(8-10-20(18)24-4)21(23)22-19-9-7-15(2)16(3)12-19/h7-10,12-13H,5-6,11,14H2,1-4H3,(H,22,23). The minimum absolute atomic E-state index is 0.138. The number of methoxy groups -OCH3 is 1. The van der Waals surface area contributed by atoms with E-state index >= 15 is 0 Å². The van der Waals surface area contributed by atoms with Crippen molar-refractivity contribution in [2.75, 3.05) is 19.0 Å². The maximum atomic E-state index is 12.5. The number of carbonyl (C=O) groups is 1. The molecule has 2 aromatic rings. The molecule has 0 bridgehead atoms. The summed E-state index contributed by atoms with van der Waals surface area (Å²) in [5, 5.41) is 2.95. The highest BCUT2D eigenvalue weighted by Crippen LogP contribution is 2.22. The van der Waals surface area contributed by atoms with Crippen LogP contribution in [0.2, 0.25) is 0 Å². The van der Waals surface area contributed by atoms with Gasteiger partial charge in [0.05, 0.1) is 13.7 Å². The van der Waals surface area contributed by atoms with E-state index in [1.54, 1.807) is 13.2 Å². The molecule has 0 saturated heterocycles. The maximum absolute atomic E-state index is 12.5. The van der Waals surface area contributed by atoms with Crippen LogP contribution in [0.25, 0.3) is 0 Å². The van der Waals surface area contributed by atoms with Crippen LogP contribution in [-0.2, 0) is 11.3 Å². The smallest absolute Gasteiger partial charge is 0.255 e. The lowest BCUT2D eigenvalue weighted by molar-refractivity contribution is 0.102. The number of aryl methyl sites for hydroxylation is 2. The van der Waals surface area contributed by atoms with E-state index in [9.17, 15) is 4.79 Å². The van der Waals surface area contributed by atoms with Crippen LogP contribution in [0.4, 0.5) is 5.69 Å². The van der Waals surface area contributed by atoms with Crippen molar-refractivity contribution in [1.29, 1.82) is 0 Å². The minimum Gasteiger partial charge on any atom is -0.496 e.